The van der Waals surface area contributed by atoms with Crippen molar-refractivity contribution in [1.29, 1.82) is 0 Å². The van der Waals surface area contributed by atoms with Crippen LogP contribution in [0.3, 0.4) is 0 Å². The van der Waals surface area contributed by atoms with Gasteiger partial charge in [0.2, 0.25) is 0 Å². The third kappa shape index (κ3) is 35.2. The van der Waals surface area contributed by atoms with E-state index >= 15 is 0 Å². The summed E-state index contributed by atoms with van der Waals surface area (Å²) in [5.41, 5.74) is 0. The van der Waals surface area contributed by atoms with E-state index in [0.29, 0.717) is 19.6 Å². The molecule has 0 atom stereocenters. The maximum absolute atomic E-state index is 11.9. The first kappa shape index (κ1) is 39.2. The number of carbonyl (C=O) groups is 1. The average molecular weight is 565 g/mol. The first-order valence-corrected chi connectivity index (χ1v) is 18.2. The van der Waals surface area contributed by atoms with Crippen LogP contribution in [-0.2, 0) is 9.53 Å². The fourth-order valence-electron chi connectivity index (χ4n) is 5.46. The Labute approximate surface area is 251 Å². The van der Waals surface area contributed by atoms with Crippen LogP contribution in [0.1, 0.15) is 206 Å². The zero-order chi connectivity index (χ0) is 29.0. The normalized spacial score (nSPS) is 11.6. The van der Waals surface area contributed by atoms with Crippen LogP contribution < -0.4 is 0 Å². The van der Waals surface area contributed by atoms with Crippen molar-refractivity contribution in [2.45, 2.75) is 206 Å². The summed E-state index contributed by atoms with van der Waals surface area (Å²) in [7, 11) is 0. The summed E-state index contributed by atoms with van der Waals surface area (Å²) in [6, 6.07) is 0. The van der Waals surface area contributed by atoms with E-state index in [4.69, 9.17) is 9.84 Å². The van der Waals surface area contributed by atoms with Crippen LogP contribution in [0.15, 0.2) is 12.2 Å². The van der Waals surface area contributed by atoms with Gasteiger partial charge in [-0.3, -0.25) is 4.79 Å². The number of aliphatic hydroxyl groups excluding tert-OH is 1. The molecule has 0 fully saturated rings. The van der Waals surface area contributed by atoms with E-state index in [2.05, 4.69) is 19.1 Å². The number of hydrogen-bond donors (Lipinski definition) is 1. The second kappa shape index (κ2) is 36.2. The summed E-state index contributed by atoms with van der Waals surface area (Å²) >= 11 is 0. The Morgan fingerprint density at radius 3 is 1.25 bits per heavy atom. The third-order valence-corrected chi connectivity index (χ3v) is 8.21. The Morgan fingerprint density at radius 1 is 0.475 bits per heavy atom. The molecule has 0 bridgehead atoms. The van der Waals surface area contributed by atoms with Gasteiger partial charge in [-0.25, -0.2) is 0 Å². The minimum atomic E-state index is 0.0119. The van der Waals surface area contributed by atoms with Crippen molar-refractivity contribution in [3.05, 3.63) is 12.2 Å². The van der Waals surface area contributed by atoms with Gasteiger partial charge in [-0.2, -0.15) is 0 Å². The topological polar surface area (TPSA) is 46.5 Å². The van der Waals surface area contributed by atoms with E-state index in [1.165, 1.54) is 173 Å². The molecule has 0 aliphatic heterocycles. The summed E-state index contributed by atoms with van der Waals surface area (Å²) in [4.78, 5) is 11.9. The number of carbonyl (C=O) groups excluding carboxylic acids is 1. The van der Waals surface area contributed by atoms with Crippen molar-refractivity contribution in [1.82, 2.24) is 0 Å². The van der Waals surface area contributed by atoms with Crippen LogP contribution in [0.5, 0.6) is 0 Å². The second-order valence-electron chi connectivity index (χ2n) is 12.3. The predicted molar refractivity (Wildman–Crippen MR) is 176 cm³/mol. The molecule has 0 saturated carbocycles. The summed E-state index contributed by atoms with van der Waals surface area (Å²) in [5, 5.41) is 8.78. The molecule has 40 heavy (non-hydrogen) atoms. The van der Waals surface area contributed by atoms with E-state index < -0.39 is 0 Å². The lowest BCUT2D eigenvalue weighted by Crippen LogP contribution is -2.05. The summed E-state index contributed by atoms with van der Waals surface area (Å²) in [5.74, 6) is 0.0119. The molecule has 0 aromatic rings. The molecule has 3 nitrogen and oxygen atoms in total. The van der Waals surface area contributed by atoms with Gasteiger partial charge in [0.1, 0.15) is 0 Å². The summed E-state index contributed by atoms with van der Waals surface area (Å²) in [6.07, 6.45) is 44.3. The SMILES string of the molecule is CCCCCCCCC=CCCCCCCCCCC(=O)OCCCCCCCCCCCCCCCCCO. The monoisotopic (exact) mass is 565 g/mol. The second-order valence-corrected chi connectivity index (χ2v) is 12.3. The Kier molecular flexibility index (Phi) is 35.4. The summed E-state index contributed by atoms with van der Waals surface area (Å²) in [6.45, 7) is 3.25. The Bertz CT molecular complexity index is 502. The van der Waals surface area contributed by atoms with Crippen molar-refractivity contribution in [2.75, 3.05) is 13.2 Å². The number of ether oxygens (including phenoxy) is 1. The van der Waals surface area contributed by atoms with E-state index in [0.717, 1.165) is 19.3 Å². The van der Waals surface area contributed by atoms with Crippen LogP contribution >= 0.6 is 0 Å². The molecule has 0 spiro atoms. The van der Waals surface area contributed by atoms with Crippen LogP contribution in [0.4, 0.5) is 0 Å². The quantitative estimate of drug-likeness (QED) is 0.0480. The third-order valence-electron chi connectivity index (χ3n) is 8.21. The van der Waals surface area contributed by atoms with Crippen LogP contribution in [0.2, 0.25) is 0 Å². The molecular formula is C37H72O3. The maximum Gasteiger partial charge on any atom is 0.305 e. The number of allylic oxidation sites excluding steroid dienone is 2. The van der Waals surface area contributed by atoms with Crippen molar-refractivity contribution in [2.24, 2.45) is 0 Å². The van der Waals surface area contributed by atoms with E-state index in [9.17, 15) is 4.79 Å². The lowest BCUT2D eigenvalue weighted by Gasteiger charge is -2.06. The highest BCUT2D eigenvalue weighted by Gasteiger charge is 2.02. The van der Waals surface area contributed by atoms with Crippen molar-refractivity contribution in [3.8, 4) is 0 Å². The zero-order valence-corrected chi connectivity index (χ0v) is 27.3. The van der Waals surface area contributed by atoms with Gasteiger partial charge in [-0.1, -0.05) is 167 Å². The lowest BCUT2D eigenvalue weighted by molar-refractivity contribution is -0.143. The molecule has 0 saturated heterocycles. The minimum Gasteiger partial charge on any atom is -0.466 e. The molecule has 0 aromatic heterocycles. The number of aliphatic hydroxyl groups is 1. The number of unbranched alkanes of at least 4 members (excludes halogenated alkanes) is 27. The number of esters is 1. The molecule has 238 valence electrons. The zero-order valence-electron chi connectivity index (χ0n) is 27.3. The van der Waals surface area contributed by atoms with Gasteiger partial charge in [0.05, 0.1) is 6.61 Å². The van der Waals surface area contributed by atoms with E-state index in [-0.39, 0.29) is 5.97 Å². The molecule has 0 radical (unpaired) electrons. The van der Waals surface area contributed by atoms with Crippen molar-refractivity contribution < 1.29 is 14.6 Å². The number of rotatable bonds is 34. The minimum absolute atomic E-state index is 0.0119. The van der Waals surface area contributed by atoms with Crippen molar-refractivity contribution in [3.63, 3.8) is 0 Å². The number of hydrogen-bond acceptors (Lipinski definition) is 3. The predicted octanol–water partition coefficient (Wildman–Crippen LogP) is 12.2. The largest absolute Gasteiger partial charge is 0.466 e. The van der Waals surface area contributed by atoms with Crippen LogP contribution in [0.25, 0.3) is 0 Å². The molecule has 3 heteroatoms. The van der Waals surface area contributed by atoms with Gasteiger partial charge in [0.15, 0.2) is 0 Å². The molecule has 0 aliphatic carbocycles. The Morgan fingerprint density at radius 2 is 0.825 bits per heavy atom. The molecule has 1 N–H and O–H groups in total. The van der Waals surface area contributed by atoms with Gasteiger partial charge in [-0.15, -0.1) is 0 Å². The molecule has 0 rings (SSSR count). The molecule has 0 unspecified atom stereocenters. The molecular weight excluding hydrogens is 492 g/mol. The highest BCUT2D eigenvalue weighted by atomic mass is 16.5. The Balaban J connectivity index is 3.18. The van der Waals surface area contributed by atoms with Crippen LogP contribution in [-0.4, -0.2) is 24.3 Å². The fraction of sp³-hybridized carbons (Fsp3) is 0.919. The van der Waals surface area contributed by atoms with Gasteiger partial charge < -0.3 is 9.84 Å². The van der Waals surface area contributed by atoms with E-state index in [1.807, 2.05) is 0 Å². The maximum atomic E-state index is 11.9. The summed E-state index contributed by atoms with van der Waals surface area (Å²) < 4.78 is 5.43. The highest BCUT2D eigenvalue weighted by molar-refractivity contribution is 5.69. The first-order chi connectivity index (χ1) is 19.8. The van der Waals surface area contributed by atoms with E-state index in [1.54, 1.807) is 0 Å². The van der Waals surface area contributed by atoms with Crippen LogP contribution in [0, 0.1) is 0 Å². The van der Waals surface area contributed by atoms with Crippen molar-refractivity contribution >= 4 is 5.97 Å². The Hall–Kier alpha value is -0.830. The fourth-order valence-corrected chi connectivity index (χ4v) is 5.46. The average Bonchev–Trinajstić information content (AvgIpc) is 2.96. The van der Waals surface area contributed by atoms with Gasteiger partial charge in [-0.05, 0) is 44.9 Å². The highest BCUT2D eigenvalue weighted by Crippen LogP contribution is 2.14. The molecule has 0 amide bonds. The van der Waals surface area contributed by atoms with Gasteiger partial charge >= 0.3 is 5.97 Å². The van der Waals surface area contributed by atoms with Gasteiger partial charge in [0, 0.05) is 13.0 Å². The lowest BCUT2D eigenvalue weighted by atomic mass is 10.0. The molecule has 0 heterocycles. The standard InChI is InChI=1S/C37H72O3/c1-2-3-4-5-6-7-8-9-10-11-13-16-19-22-25-28-31-34-37(39)40-36-33-30-27-24-21-18-15-12-14-17-20-23-26-29-32-35-38/h9-10,38H,2-8,11-36H2,1H3. The smallest absolute Gasteiger partial charge is 0.305 e. The van der Waals surface area contributed by atoms with Gasteiger partial charge in [0.25, 0.3) is 0 Å². The molecule has 0 aliphatic rings. The molecule has 0 aromatic carbocycles. The first-order valence-electron chi connectivity index (χ1n) is 18.2.